The predicted molar refractivity (Wildman–Crippen MR) is 61.5 cm³/mol. The quantitative estimate of drug-likeness (QED) is 0.652. The number of hydrogen-bond acceptors (Lipinski definition) is 1. The van der Waals surface area contributed by atoms with Crippen LogP contribution in [-0.2, 0) is 0 Å². The van der Waals surface area contributed by atoms with Crippen molar-refractivity contribution in [3.05, 3.63) is 70.3 Å². The second-order valence-corrected chi connectivity index (χ2v) is 4.17. The number of hydrogen-bond donors (Lipinski definition) is 1. The van der Waals surface area contributed by atoms with E-state index in [2.05, 4.69) is 0 Å². The van der Waals surface area contributed by atoms with Gasteiger partial charge < -0.3 is 5.11 Å². The molecule has 0 aliphatic heterocycles. The molecule has 0 aromatic heterocycles. The maximum absolute atomic E-state index is 13.6. The van der Waals surface area contributed by atoms with E-state index in [9.17, 15) is 22.7 Å². The summed E-state index contributed by atoms with van der Waals surface area (Å²) in [4.78, 5) is 0. The zero-order valence-electron chi connectivity index (χ0n) is 9.92. The van der Waals surface area contributed by atoms with Gasteiger partial charge in [-0.25, -0.2) is 17.6 Å². The van der Waals surface area contributed by atoms with Gasteiger partial charge in [0.2, 0.25) is 0 Å². The Kier molecular flexibility index (Phi) is 3.57. The maximum Gasteiger partial charge on any atom is 0.194 e. The molecule has 5 heteroatoms. The van der Waals surface area contributed by atoms with Gasteiger partial charge in [-0.1, -0.05) is 12.1 Å². The maximum atomic E-state index is 13.6. The lowest BCUT2D eigenvalue weighted by atomic mass is 9.97. The molecule has 1 unspecified atom stereocenters. The van der Waals surface area contributed by atoms with E-state index in [1.54, 1.807) is 6.92 Å². The topological polar surface area (TPSA) is 20.2 Å². The van der Waals surface area contributed by atoms with Crippen LogP contribution in [0.2, 0.25) is 0 Å². The van der Waals surface area contributed by atoms with Gasteiger partial charge in [-0.2, -0.15) is 0 Å². The predicted octanol–water partition coefficient (Wildman–Crippen LogP) is 3.63. The first kappa shape index (κ1) is 13.5. The van der Waals surface area contributed by atoms with Gasteiger partial charge in [-0.15, -0.1) is 0 Å². The fourth-order valence-corrected chi connectivity index (χ4v) is 1.83. The molecule has 0 amide bonds. The highest BCUT2D eigenvalue weighted by Gasteiger charge is 2.21. The van der Waals surface area contributed by atoms with Gasteiger partial charge in [-0.05, 0) is 36.2 Å². The first-order valence-electron chi connectivity index (χ1n) is 5.49. The fourth-order valence-electron chi connectivity index (χ4n) is 1.83. The summed E-state index contributed by atoms with van der Waals surface area (Å²) in [6.07, 6.45) is -1.56. The van der Waals surface area contributed by atoms with Gasteiger partial charge >= 0.3 is 0 Å². The summed E-state index contributed by atoms with van der Waals surface area (Å²) in [6, 6.07) is 5.27. The molecule has 2 aromatic carbocycles. The summed E-state index contributed by atoms with van der Waals surface area (Å²) in [6.45, 7) is 1.59. The van der Waals surface area contributed by atoms with Crippen LogP contribution in [0.1, 0.15) is 22.8 Å². The van der Waals surface area contributed by atoms with Gasteiger partial charge in [0.05, 0.1) is 0 Å². The largest absolute Gasteiger partial charge is 0.384 e. The molecular weight excluding hydrogens is 260 g/mol. The minimum Gasteiger partial charge on any atom is -0.384 e. The summed E-state index contributed by atoms with van der Waals surface area (Å²) in [5.41, 5.74) is 0.176. The molecule has 0 saturated carbocycles. The molecule has 0 bridgehead atoms. The second kappa shape index (κ2) is 5.01. The number of rotatable bonds is 2. The van der Waals surface area contributed by atoms with E-state index in [1.165, 1.54) is 12.1 Å². The Balaban J connectivity index is 2.53. The molecule has 2 rings (SSSR count). The van der Waals surface area contributed by atoms with E-state index in [0.29, 0.717) is 11.6 Å². The van der Waals surface area contributed by atoms with Crippen molar-refractivity contribution >= 4 is 0 Å². The summed E-state index contributed by atoms with van der Waals surface area (Å²) in [7, 11) is 0. The van der Waals surface area contributed by atoms with Gasteiger partial charge in [0.1, 0.15) is 11.9 Å². The van der Waals surface area contributed by atoms with Crippen LogP contribution in [0.3, 0.4) is 0 Å². The minimum atomic E-state index is -1.66. The monoisotopic (exact) mass is 270 g/mol. The van der Waals surface area contributed by atoms with Crippen LogP contribution in [-0.4, -0.2) is 5.11 Å². The van der Waals surface area contributed by atoms with Crippen LogP contribution in [0.4, 0.5) is 17.6 Å². The number of aliphatic hydroxyl groups excluding tert-OH is 1. The Morgan fingerprint density at radius 3 is 2.26 bits per heavy atom. The molecule has 19 heavy (non-hydrogen) atoms. The average molecular weight is 270 g/mol. The van der Waals surface area contributed by atoms with Crippen molar-refractivity contribution in [2.24, 2.45) is 0 Å². The minimum absolute atomic E-state index is 0.102. The van der Waals surface area contributed by atoms with E-state index < -0.39 is 34.9 Å². The number of aliphatic hydroxyl groups is 1. The lowest BCUT2D eigenvalue weighted by Crippen LogP contribution is -2.07. The first-order chi connectivity index (χ1) is 8.91. The third kappa shape index (κ3) is 2.46. The van der Waals surface area contributed by atoms with Crippen LogP contribution in [0.15, 0.2) is 30.3 Å². The van der Waals surface area contributed by atoms with Crippen LogP contribution in [0, 0.1) is 30.2 Å². The number of benzene rings is 2. The molecule has 0 fully saturated rings. The highest BCUT2D eigenvalue weighted by atomic mass is 19.2. The van der Waals surface area contributed by atoms with Crippen molar-refractivity contribution in [3.63, 3.8) is 0 Å². The van der Waals surface area contributed by atoms with E-state index in [0.717, 1.165) is 12.1 Å². The zero-order valence-corrected chi connectivity index (χ0v) is 9.92. The highest BCUT2D eigenvalue weighted by Crippen LogP contribution is 2.29. The van der Waals surface area contributed by atoms with Crippen molar-refractivity contribution in [2.45, 2.75) is 13.0 Å². The summed E-state index contributed by atoms with van der Waals surface area (Å²) >= 11 is 0. The fraction of sp³-hybridized carbons (Fsp3) is 0.143. The number of aryl methyl sites for hydroxylation is 1. The molecule has 100 valence electrons. The molecule has 0 saturated heterocycles. The van der Waals surface area contributed by atoms with E-state index in [4.69, 9.17) is 0 Å². The lowest BCUT2D eigenvalue weighted by Gasteiger charge is -2.15. The van der Waals surface area contributed by atoms with E-state index in [1.807, 2.05) is 0 Å². The summed E-state index contributed by atoms with van der Waals surface area (Å²) < 4.78 is 52.6. The van der Waals surface area contributed by atoms with Crippen molar-refractivity contribution in [2.75, 3.05) is 0 Å². The molecule has 2 aromatic rings. The summed E-state index contributed by atoms with van der Waals surface area (Å²) in [5, 5.41) is 10.00. The average Bonchev–Trinajstić information content (AvgIpc) is 2.38. The molecular formula is C14H10F4O. The van der Waals surface area contributed by atoms with Crippen molar-refractivity contribution in [1.82, 2.24) is 0 Å². The van der Waals surface area contributed by atoms with Crippen molar-refractivity contribution in [1.29, 1.82) is 0 Å². The van der Waals surface area contributed by atoms with Gasteiger partial charge in [0.25, 0.3) is 0 Å². The van der Waals surface area contributed by atoms with Crippen molar-refractivity contribution < 1.29 is 22.7 Å². The SMILES string of the molecule is Cc1ccc(F)cc1C(O)c1ccc(F)c(F)c1F. The Bertz CT molecular complexity index is 625. The van der Waals surface area contributed by atoms with E-state index in [-0.39, 0.29) is 5.56 Å². The Morgan fingerprint density at radius 2 is 1.58 bits per heavy atom. The Labute approximate surface area is 107 Å². The van der Waals surface area contributed by atoms with Crippen molar-refractivity contribution in [3.8, 4) is 0 Å². The van der Waals surface area contributed by atoms with Crippen LogP contribution in [0.25, 0.3) is 0 Å². The van der Waals surface area contributed by atoms with Gasteiger partial charge in [0.15, 0.2) is 17.5 Å². The molecule has 1 atom stereocenters. The zero-order chi connectivity index (χ0) is 14.2. The van der Waals surface area contributed by atoms with Crippen LogP contribution in [0.5, 0.6) is 0 Å². The Morgan fingerprint density at radius 1 is 0.895 bits per heavy atom. The van der Waals surface area contributed by atoms with E-state index >= 15 is 0 Å². The third-order valence-corrected chi connectivity index (χ3v) is 2.90. The molecule has 0 heterocycles. The normalized spacial score (nSPS) is 12.5. The molecule has 0 radical (unpaired) electrons. The molecule has 0 aliphatic carbocycles. The third-order valence-electron chi connectivity index (χ3n) is 2.90. The molecule has 1 nitrogen and oxygen atoms in total. The Hall–Kier alpha value is -1.88. The highest BCUT2D eigenvalue weighted by molar-refractivity contribution is 5.36. The standard InChI is InChI=1S/C14H10F4O/c1-7-2-3-8(15)6-10(7)14(19)9-4-5-11(16)13(18)12(9)17/h2-6,14,19H,1H3. The molecule has 0 spiro atoms. The second-order valence-electron chi connectivity index (χ2n) is 4.17. The lowest BCUT2D eigenvalue weighted by molar-refractivity contribution is 0.211. The first-order valence-corrected chi connectivity index (χ1v) is 5.49. The van der Waals surface area contributed by atoms with Crippen LogP contribution < -0.4 is 0 Å². The van der Waals surface area contributed by atoms with Crippen LogP contribution >= 0.6 is 0 Å². The summed E-state index contributed by atoms with van der Waals surface area (Å²) in [5.74, 6) is -5.09. The van der Waals surface area contributed by atoms with Gasteiger partial charge in [0, 0.05) is 5.56 Å². The smallest absolute Gasteiger partial charge is 0.194 e. The molecule has 1 N–H and O–H groups in total. The molecule has 0 aliphatic rings. The van der Waals surface area contributed by atoms with Gasteiger partial charge in [-0.3, -0.25) is 0 Å². The number of halogens is 4.